The molecule has 0 aliphatic rings. The van der Waals surface area contributed by atoms with Crippen LogP contribution in [0, 0.1) is 6.92 Å². The predicted molar refractivity (Wildman–Crippen MR) is 66.0 cm³/mol. The van der Waals surface area contributed by atoms with Crippen LogP contribution in [0.5, 0.6) is 0 Å². The Labute approximate surface area is 105 Å². The third kappa shape index (κ3) is 2.26. The average molecular weight is 246 g/mol. The van der Waals surface area contributed by atoms with E-state index in [1.54, 1.807) is 18.7 Å². The minimum absolute atomic E-state index is 0.218. The van der Waals surface area contributed by atoms with Crippen molar-refractivity contribution in [2.24, 2.45) is 0 Å². The summed E-state index contributed by atoms with van der Waals surface area (Å²) >= 11 is 0. The Morgan fingerprint density at radius 1 is 1.39 bits per heavy atom. The molecule has 1 aromatic heterocycles. The van der Waals surface area contributed by atoms with Crippen molar-refractivity contribution in [3.05, 3.63) is 47.3 Å². The number of benzene rings is 1. The quantitative estimate of drug-likeness (QED) is 0.896. The van der Waals surface area contributed by atoms with E-state index in [2.05, 4.69) is 5.10 Å². The molecule has 5 heteroatoms. The van der Waals surface area contributed by atoms with E-state index in [0.29, 0.717) is 12.3 Å². The van der Waals surface area contributed by atoms with E-state index in [1.165, 1.54) is 6.20 Å². The van der Waals surface area contributed by atoms with Crippen LogP contribution in [0.1, 0.15) is 21.6 Å². The molecule has 0 radical (unpaired) electrons. The van der Waals surface area contributed by atoms with Crippen LogP contribution in [-0.4, -0.2) is 28.0 Å². The standard InChI is InChI=1S/C13H14N2O3/c1-9-12(13(16)17)7-14-15(9)11-5-3-10(4-6-11)8-18-2/h3-7H,8H2,1-2H3,(H,16,17). The minimum Gasteiger partial charge on any atom is -0.478 e. The maximum Gasteiger partial charge on any atom is 0.339 e. The number of hydrogen-bond acceptors (Lipinski definition) is 3. The number of methoxy groups -OCH3 is 1. The Morgan fingerprint density at radius 3 is 2.56 bits per heavy atom. The van der Waals surface area contributed by atoms with Gasteiger partial charge in [-0.05, 0) is 24.6 Å². The number of aromatic nitrogens is 2. The molecule has 0 aliphatic heterocycles. The number of carboxylic acids is 1. The molecule has 18 heavy (non-hydrogen) atoms. The van der Waals surface area contributed by atoms with Crippen molar-refractivity contribution in [2.75, 3.05) is 7.11 Å². The van der Waals surface area contributed by atoms with Crippen LogP contribution in [0.2, 0.25) is 0 Å². The van der Waals surface area contributed by atoms with E-state index < -0.39 is 5.97 Å². The van der Waals surface area contributed by atoms with Crippen LogP contribution >= 0.6 is 0 Å². The van der Waals surface area contributed by atoms with Crippen LogP contribution in [0.15, 0.2) is 30.5 Å². The summed E-state index contributed by atoms with van der Waals surface area (Å²) in [5.41, 5.74) is 2.72. The van der Waals surface area contributed by atoms with Crippen LogP contribution in [0.25, 0.3) is 5.69 Å². The van der Waals surface area contributed by atoms with Crippen molar-refractivity contribution in [3.8, 4) is 5.69 Å². The second-order valence-electron chi connectivity index (χ2n) is 3.96. The molecule has 0 fully saturated rings. The highest BCUT2D eigenvalue weighted by Gasteiger charge is 2.13. The molecule has 1 N–H and O–H groups in total. The van der Waals surface area contributed by atoms with Crippen molar-refractivity contribution in [3.63, 3.8) is 0 Å². The van der Waals surface area contributed by atoms with E-state index in [0.717, 1.165) is 11.3 Å². The lowest BCUT2D eigenvalue weighted by Gasteiger charge is -2.06. The van der Waals surface area contributed by atoms with E-state index in [4.69, 9.17) is 9.84 Å². The molecule has 1 heterocycles. The number of ether oxygens (including phenoxy) is 1. The third-order valence-electron chi connectivity index (χ3n) is 2.73. The summed E-state index contributed by atoms with van der Waals surface area (Å²) in [6.45, 7) is 2.29. The second-order valence-corrected chi connectivity index (χ2v) is 3.96. The fourth-order valence-electron chi connectivity index (χ4n) is 1.78. The predicted octanol–water partition coefficient (Wildman–Crippen LogP) is 2.03. The number of carbonyl (C=O) groups is 1. The first kappa shape index (κ1) is 12.3. The van der Waals surface area contributed by atoms with Gasteiger partial charge in [-0.25, -0.2) is 9.48 Å². The van der Waals surface area contributed by atoms with Crippen molar-refractivity contribution in [2.45, 2.75) is 13.5 Å². The smallest absolute Gasteiger partial charge is 0.339 e. The lowest BCUT2D eigenvalue weighted by atomic mass is 10.2. The molecule has 5 nitrogen and oxygen atoms in total. The monoisotopic (exact) mass is 246 g/mol. The largest absolute Gasteiger partial charge is 0.478 e. The summed E-state index contributed by atoms with van der Waals surface area (Å²) in [6, 6.07) is 7.64. The molecule has 0 aliphatic carbocycles. The number of aromatic carboxylic acids is 1. The molecular weight excluding hydrogens is 232 g/mol. The highest BCUT2D eigenvalue weighted by molar-refractivity contribution is 5.88. The molecule has 94 valence electrons. The van der Waals surface area contributed by atoms with E-state index in [-0.39, 0.29) is 5.56 Å². The van der Waals surface area contributed by atoms with Gasteiger partial charge in [-0.2, -0.15) is 5.10 Å². The summed E-state index contributed by atoms with van der Waals surface area (Å²) in [7, 11) is 1.64. The van der Waals surface area contributed by atoms with Gasteiger partial charge in [0.2, 0.25) is 0 Å². The number of nitrogens with zero attached hydrogens (tertiary/aromatic N) is 2. The Balaban J connectivity index is 2.34. The highest BCUT2D eigenvalue weighted by atomic mass is 16.5. The molecule has 0 saturated carbocycles. The van der Waals surface area contributed by atoms with E-state index in [1.807, 2.05) is 24.3 Å². The fourth-order valence-corrected chi connectivity index (χ4v) is 1.78. The van der Waals surface area contributed by atoms with Crippen molar-refractivity contribution < 1.29 is 14.6 Å². The molecule has 0 saturated heterocycles. The maximum absolute atomic E-state index is 10.9. The lowest BCUT2D eigenvalue weighted by Crippen LogP contribution is -2.02. The molecule has 0 unspecified atom stereocenters. The van der Waals surface area contributed by atoms with Gasteiger partial charge < -0.3 is 9.84 Å². The van der Waals surface area contributed by atoms with E-state index in [9.17, 15) is 4.79 Å². The van der Waals surface area contributed by atoms with Crippen LogP contribution < -0.4 is 0 Å². The Bertz CT molecular complexity index is 558. The SMILES string of the molecule is COCc1ccc(-n2ncc(C(=O)O)c2C)cc1. The molecule has 2 rings (SSSR count). The van der Waals surface area contributed by atoms with Crippen molar-refractivity contribution in [1.29, 1.82) is 0 Å². The summed E-state index contributed by atoms with van der Waals surface area (Å²) in [6.07, 6.45) is 1.36. The molecule has 0 bridgehead atoms. The Hall–Kier alpha value is -2.14. The summed E-state index contributed by atoms with van der Waals surface area (Å²) < 4.78 is 6.64. The van der Waals surface area contributed by atoms with Gasteiger partial charge in [0.05, 0.1) is 24.2 Å². The number of hydrogen-bond donors (Lipinski definition) is 1. The van der Waals surface area contributed by atoms with Crippen LogP contribution in [0.4, 0.5) is 0 Å². The molecular formula is C13H14N2O3. The average Bonchev–Trinajstić information content (AvgIpc) is 2.73. The molecule has 0 atom stereocenters. The Kier molecular flexibility index (Phi) is 3.43. The van der Waals surface area contributed by atoms with Gasteiger partial charge in [0.15, 0.2) is 0 Å². The zero-order chi connectivity index (χ0) is 13.1. The first-order chi connectivity index (χ1) is 8.63. The first-order valence-electron chi connectivity index (χ1n) is 5.49. The Morgan fingerprint density at radius 2 is 2.06 bits per heavy atom. The maximum atomic E-state index is 10.9. The topological polar surface area (TPSA) is 64.4 Å². The van der Waals surface area contributed by atoms with Gasteiger partial charge in [0, 0.05) is 7.11 Å². The fraction of sp³-hybridized carbons (Fsp3) is 0.231. The summed E-state index contributed by atoms with van der Waals surface area (Å²) in [5.74, 6) is -0.963. The van der Waals surface area contributed by atoms with Gasteiger partial charge in [0.1, 0.15) is 5.56 Å². The normalized spacial score (nSPS) is 10.6. The number of carboxylic acid groups (broad SMARTS) is 1. The van der Waals surface area contributed by atoms with Crippen LogP contribution in [0.3, 0.4) is 0 Å². The van der Waals surface area contributed by atoms with Crippen molar-refractivity contribution in [1.82, 2.24) is 9.78 Å². The lowest BCUT2D eigenvalue weighted by molar-refractivity contribution is 0.0696. The molecule has 2 aromatic rings. The zero-order valence-corrected chi connectivity index (χ0v) is 10.3. The van der Waals surface area contributed by atoms with Gasteiger partial charge in [0.25, 0.3) is 0 Å². The zero-order valence-electron chi connectivity index (χ0n) is 10.3. The van der Waals surface area contributed by atoms with Gasteiger partial charge in [-0.3, -0.25) is 0 Å². The van der Waals surface area contributed by atoms with Gasteiger partial charge in [-0.1, -0.05) is 12.1 Å². The highest BCUT2D eigenvalue weighted by Crippen LogP contribution is 2.15. The number of rotatable bonds is 4. The molecule has 0 spiro atoms. The van der Waals surface area contributed by atoms with Crippen LogP contribution in [-0.2, 0) is 11.3 Å². The van der Waals surface area contributed by atoms with Gasteiger partial charge >= 0.3 is 5.97 Å². The van der Waals surface area contributed by atoms with Gasteiger partial charge in [-0.15, -0.1) is 0 Å². The summed E-state index contributed by atoms with van der Waals surface area (Å²) in [4.78, 5) is 10.9. The van der Waals surface area contributed by atoms with Crippen molar-refractivity contribution >= 4 is 5.97 Å². The molecule has 1 aromatic carbocycles. The molecule has 0 amide bonds. The minimum atomic E-state index is -0.963. The first-order valence-corrected chi connectivity index (χ1v) is 5.49. The summed E-state index contributed by atoms with van der Waals surface area (Å²) in [5, 5.41) is 13.1. The van der Waals surface area contributed by atoms with E-state index >= 15 is 0 Å². The second kappa shape index (κ2) is 5.01. The third-order valence-corrected chi connectivity index (χ3v) is 2.73.